The van der Waals surface area contributed by atoms with Crippen molar-refractivity contribution in [3.8, 4) is 0 Å². The molecule has 0 amide bonds. The number of rotatable bonds is 1. The van der Waals surface area contributed by atoms with Gasteiger partial charge in [0.2, 0.25) is 0 Å². The highest BCUT2D eigenvalue weighted by Gasteiger charge is 2.30. The Morgan fingerprint density at radius 1 is 1.15 bits per heavy atom. The first kappa shape index (κ1) is 8.49. The predicted molar refractivity (Wildman–Crippen MR) is 52.6 cm³/mol. The zero-order valence-corrected chi connectivity index (χ0v) is 7.86. The van der Waals surface area contributed by atoms with Crippen molar-refractivity contribution in [3.05, 3.63) is 35.9 Å². The predicted octanol–water partition coefficient (Wildman–Crippen LogP) is 2.77. The van der Waals surface area contributed by atoms with Gasteiger partial charge in [0.25, 0.3) is 0 Å². The summed E-state index contributed by atoms with van der Waals surface area (Å²) in [5, 5.41) is 0. The average molecular weight is 174 g/mol. The van der Waals surface area contributed by atoms with Crippen LogP contribution >= 0.6 is 0 Å². The maximum Gasteiger partial charge on any atom is 0.133 e. The van der Waals surface area contributed by atoms with Gasteiger partial charge >= 0.3 is 0 Å². The molecule has 1 aliphatic rings. The van der Waals surface area contributed by atoms with Crippen LogP contribution in [0.25, 0.3) is 0 Å². The molecule has 0 aromatic heterocycles. The summed E-state index contributed by atoms with van der Waals surface area (Å²) < 4.78 is 0. The van der Waals surface area contributed by atoms with Gasteiger partial charge in [-0.2, -0.15) is 0 Å². The SMILES string of the molecule is C[C@H]1CC(=O)C[C@H]1c1ccccc1. The van der Waals surface area contributed by atoms with E-state index in [1.807, 2.05) is 18.2 Å². The highest BCUT2D eigenvalue weighted by molar-refractivity contribution is 5.82. The number of Topliss-reactive ketones (excluding diaryl/α,β-unsaturated/α-hetero) is 1. The minimum atomic E-state index is 0.418. The van der Waals surface area contributed by atoms with Crippen molar-refractivity contribution in [2.45, 2.75) is 25.7 Å². The molecule has 1 aromatic carbocycles. The third-order valence-electron chi connectivity index (χ3n) is 2.91. The zero-order chi connectivity index (χ0) is 9.26. The summed E-state index contributed by atoms with van der Waals surface area (Å²) in [6.07, 6.45) is 1.50. The molecule has 0 spiro atoms. The van der Waals surface area contributed by atoms with E-state index in [9.17, 15) is 4.79 Å². The Hall–Kier alpha value is -1.11. The van der Waals surface area contributed by atoms with Gasteiger partial charge in [0.15, 0.2) is 0 Å². The molecule has 0 saturated heterocycles. The van der Waals surface area contributed by atoms with Crippen LogP contribution in [0, 0.1) is 5.92 Å². The second-order valence-electron chi connectivity index (χ2n) is 3.94. The van der Waals surface area contributed by atoms with E-state index in [1.165, 1.54) is 5.56 Å². The van der Waals surface area contributed by atoms with Crippen molar-refractivity contribution in [2.75, 3.05) is 0 Å². The molecule has 2 rings (SSSR count). The van der Waals surface area contributed by atoms with Crippen molar-refractivity contribution in [2.24, 2.45) is 5.92 Å². The highest BCUT2D eigenvalue weighted by atomic mass is 16.1. The summed E-state index contributed by atoms with van der Waals surface area (Å²) in [4.78, 5) is 11.2. The molecule has 0 unspecified atom stereocenters. The van der Waals surface area contributed by atoms with Gasteiger partial charge < -0.3 is 0 Å². The maximum absolute atomic E-state index is 11.2. The lowest BCUT2D eigenvalue weighted by atomic mass is 9.90. The first-order valence-electron chi connectivity index (χ1n) is 4.84. The summed E-state index contributed by atoms with van der Waals surface area (Å²) in [5.74, 6) is 1.41. The maximum atomic E-state index is 11.2. The van der Waals surface area contributed by atoms with Crippen LogP contribution in [0.2, 0.25) is 0 Å². The van der Waals surface area contributed by atoms with Gasteiger partial charge in [0.05, 0.1) is 0 Å². The summed E-state index contributed by atoms with van der Waals surface area (Å²) >= 11 is 0. The molecule has 1 fully saturated rings. The van der Waals surface area contributed by atoms with Crippen molar-refractivity contribution in [1.82, 2.24) is 0 Å². The van der Waals surface area contributed by atoms with Gasteiger partial charge in [-0.15, -0.1) is 0 Å². The molecular formula is C12H14O. The van der Waals surface area contributed by atoms with E-state index in [1.54, 1.807) is 0 Å². The van der Waals surface area contributed by atoms with Crippen molar-refractivity contribution in [3.63, 3.8) is 0 Å². The number of hydrogen-bond donors (Lipinski definition) is 0. The third-order valence-corrected chi connectivity index (χ3v) is 2.91. The van der Waals surface area contributed by atoms with Gasteiger partial charge in [0.1, 0.15) is 5.78 Å². The standard InChI is InChI=1S/C12H14O/c1-9-7-11(13)8-12(9)10-5-3-2-4-6-10/h2-6,9,12H,7-8H2,1H3/t9-,12+/m0/s1. The smallest absolute Gasteiger partial charge is 0.133 e. The van der Waals surface area contributed by atoms with Crippen LogP contribution in [-0.2, 0) is 4.79 Å². The lowest BCUT2D eigenvalue weighted by molar-refractivity contribution is -0.117. The molecule has 0 radical (unpaired) electrons. The van der Waals surface area contributed by atoms with Crippen LogP contribution in [-0.4, -0.2) is 5.78 Å². The average Bonchev–Trinajstić information content (AvgIpc) is 2.47. The zero-order valence-electron chi connectivity index (χ0n) is 7.86. The first-order valence-corrected chi connectivity index (χ1v) is 4.84. The molecule has 1 heteroatoms. The van der Waals surface area contributed by atoms with Crippen molar-refractivity contribution in [1.29, 1.82) is 0 Å². The van der Waals surface area contributed by atoms with E-state index in [4.69, 9.17) is 0 Å². The van der Waals surface area contributed by atoms with Crippen LogP contribution < -0.4 is 0 Å². The van der Waals surface area contributed by atoms with Crippen LogP contribution in [0.15, 0.2) is 30.3 Å². The van der Waals surface area contributed by atoms with Gasteiger partial charge in [-0.1, -0.05) is 37.3 Å². The number of ketones is 1. The van der Waals surface area contributed by atoms with E-state index in [2.05, 4.69) is 19.1 Å². The Morgan fingerprint density at radius 2 is 1.85 bits per heavy atom. The largest absolute Gasteiger partial charge is 0.300 e. The van der Waals surface area contributed by atoms with E-state index in [0.717, 1.165) is 12.8 Å². The van der Waals surface area contributed by atoms with Gasteiger partial charge in [-0.3, -0.25) is 4.79 Å². The van der Waals surface area contributed by atoms with Gasteiger partial charge in [-0.05, 0) is 17.4 Å². The van der Waals surface area contributed by atoms with Gasteiger partial charge in [-0.25, -0.2) is 0 Å². The summed E-state index contributed by atoms with van der Waals surface area (Å²) in [6.45, 7) is 2.17. The summed E-state index contributed by atoms with van der Waals surface area (Å²) in [7, 11) is 0. The Bertz CT molecular complexity index is 302. The van der Waals surface area contributed by atoms with Crippen molar-refractivity contribution >= 4 is 5.78 Å². The molecule has 1 aliphatic carbocycles. The molecule has 2 atom stereocenters. The second-order valence-corrected chi connectivity index (χ2v) is 3.94. The molecule has 68 valence electrons. The van der Waals surface area contributed by atoms with E-state index in [-0.39, 0.29) is 0 Å². The molecule has 1 saturated carbocycles. The number of carbonyl (C=O) groups excluding carboxylic acids is 1. The van der Waals surface area contributed by atoms with Gasteiger partial charge in [0, 0.05) is 12.8 Å². The summed E-state index contributed by atoms with van der Waals surface area (Å²) in [6, 6.07) is 10.4. The molecular weight excluding hydrogens is 160 g/mol. The van der Waals surface area contributed by atoms with Crippen LogP contribution in [0.3, 0.4) is 0 Å². The molecule has 0 heterocycles. The Morgan fingerprint density at radius 3 is 2.38 bits per heavy atom. The topological polar surface area (TPSA) is 17.1 Å². The lowest BCUT2D eigenvalue weighted by Gasteiger charge is -2.13. The Kier molecular flexibility index (Phi) is 2.17. The Labute approximate surface area is 78.8 Å². The molecule has 0 aliphatic heterocycles. The fourth-order valence-corrected chi connectivity index (χ4v) is 2.18. The van der Waals surface area contributed by atoms with Crippen LogP contribution in [0.4, 0.5) is 0 Å². The highest BCUT2D eigenvalue weighted by Crippen LogP contribution is 2.36. The fraction of sp³-hybridized carbons (Fsp3) is 0.417. The van der Waals surface area contributed by atoms with E-state index >= 15 is 0 Å². The molecule has 13 heavy (non-hydrogen) atoms. The van der Waals surface area contributed by atoms with Crippen LogP contribution in [0.5, 0.6) is 0 Å². The lowest BCUT2D eigenvalue weighted by Crippen LogP contribution is -2.01. The first-order chi connectivity index (χ1) is 6.27. The van der Waals surface area contributed by atoms with Crippen molar-refractivity contribution < 1.29 is 4.79 Å². The third kappa shape index (κ3) is 1.64. The number of benzene rings is 1. The second kappa shape index (κ2) is 3.33. The van der Waals surface area contributed by atoms with Crippen LogP contribution in [0.1, 0.15) is 31.2 Å². The minimum absolute atomic E-state index is 0.418. The minimum Gasteiger partial charge on any atom is -0.300 e. The Balaban J connectivity index is 2.23. The quantitative estimate of drug-likeness (QED) is 0.639. The number of carbonyl (C=O) groups is 1. The van der Waals surface area contributed by atoms with E-state index in [0.29, 0.717) is 17.6 Å². The molecule has 0 bridgehead atoms. The summed E-state index contributed by atoms with van der Waals surface area (Å²) in [5.41, 5.74) is 1.32. The number of hydrogen-bond acceptors (Lipinski definition) is 1. The molecule has 1 nitrogen and oxygen atoms in total. The normalized spacial score (nSPS) is 27.9. The fourth-order valence-electron chi connectivity index (χ4n) is 2.18. The van der Waals surface area contributed by atoms with E-state index < -0.39 is 0 Å². The monoisotopic (exact) mass is 174 g/mol. The molecule has 1 aromatic rings. The molecule has 0 N–H and O–H groups in total.